The van der Waals surface area contributed by atoms with Gasteiger partial charge in [0.15, 0.2) is 23.0 Å². The fourth-order valence-electron chi connectivity index (χ4n) is 7.95. The Labute approximate surface area is 376 Å². The first kappa shape index (κ1) is 48.4. The zero-order valence-electron chi connectivity index (χ0n) is 39.1. The van der Waals surface area contributed by atoms with E-state index in [1.165, 1.54) is 12.5 Å². The van der Waals surface area contributed by atoms with Gasteiger partial charge in [0.25, 0.3) is 0 Å². The minimum Gasteiger partial charge on any atom is -0.489 e. The molecule has 0 unspecified atom stereocenters. The van der Waals surface area contributed by atoms with E-state index in [0.29, 0.717) is 147 Å². The molecule has 5 rings (SSSR count). The second kappa shape index (κ2) is 24.3. The molecule has 1 aliphatic carbocycles. The first-order valence-corrected chi connectivity index (χ1v) is 23.2. The first-order chi connectivity index (χ1) is 30.9. The summed E-state index contributed by atoms with van der Waals surface area (Å²) in [5.41, 5.74) is 3.80. The SMILES string of the molecule is C=COc1c(OCCC)c(OCCC)c(C2(c3c(OCCC)c(OCCC)c(OC=C)c(OCCC)c3OCCC)c3ccccc3-c3ccccc32)c(OCCC)c1OCCC. The van der Waals surface area contributed by atoms with Gasteiger partial charge in [-0.3, -0.25) is 0 Å². The lowest BCUT2D eigenvalue weighted by Gasteiger charge is -2.40. The molecule has 0 saturated heterocycles. The van der Waals surface area contributed by atoms with Gasteiger partial charge in [-0.05, 0) is 73.6 Å². The largest absolute Gasteiger partial charge is 0.489 e. The molecule has 10 nitrogen and oxygen atoms in total. The topological polar surface area (TPSA) is 92.3 Å². The molecule has 4 aromatic carbocycles. The van der Waals surface area contributed by atoms with Crippen molar-refractivity contribution in [2.45, 2.75) is 112 Å². The number of benzene rings is 4. The van der Waals surface area contributed by atoms with Crippen molar-refractivity contribution in [3.8, 4) is 68.6 Å². The fraction of sp³-hybridized carbons (Fsp3) is 0.472. The standard InChI is InChI=1S/C53H70O10/c1-11-29-56-43-41(44(57-30-12-2)48(61-34-16-6)51(54-19-9)47(43)60-33-15-5)53(39-27-23-21-25-37(39)38-26-22-24-28-40(38)53)42-45(58-31-13-3)49(62-35-17-7)52(55-20-10)50(63-36-18-8)46(42)59-32-14-4/h19-28H,9-18,29-36H2,1-8H3. The van der Waals surface area contributed by atoms with Crippen LogP contribution in [0.25, 0.3) is 11.1 Å². The number of ether oxygens (including phenoxy) is 10. The van der Waals surface area contributed by atoms with Crippen molar-refractivity contribution >= 4 is 0 Å². The van der Waals surface area contributed by atoms with Gasteiger partial charge in [0.2, 0.25) is 34.5 Å². The fourth-order valence-corrected chi connectivity index (χ4v) is 7.95. The maximum absolute atomic E-state index is 7.11. The van der Waals surface area contributed by atoms with Crippen molar-refractivity contribution in [3.05, 3.63) is 96.5 Å². The Balaban J connectivity index is 2.29. The summed E-state index contributed by atoms with van der Waals surface area (Å²) in [5, 5.41) is 0. The zero-order chi connectivity index (χ0) is 45.2. The molecule has 0 amide bonds. The summed E-state index contributed by atoms with van der Waals surface area (Å²) in [6.45, 7) is 27.4. The maximum atomic E-state index is 7.11. The normalized spacial score (nSPS) is 12.1. The highest BCUT2D eigenvalue weighted by Gasteiger charge is 2.56. The van der Waals surface area contributed by atoms with E-state index in [9.17, 15) is 0 Å². The average molecular weight is 867 g/mol. The van der Waals surface area contributed by atoms with Crippen LogP contribution in [0.1, 0.15) is 129 Å². The van der Waals surface area contributed by atoms with Crippen molar-refractivity contribution in [3.63, 3.8) is 0 Å². The van der Waals surface area contributed by atoms with E-state index in [1.807, 2.05) is 0 Å². The highest BCUT2D eigenvalue weighted by Crippen LogP contribution is 2.70. The van der Waals surface area contributed by atoms with Gasteiger partial charge < -0.3 is 47.4 Å². The van der Waals surface area contributed by atoms with Crippen molar-refractivity contribution in [2.75, 3.05) is 52.9 Å². The van der Waals surface area contributed by atoms with Crippen LogP contribution >= 0.6 is 0 Å². The van der Waals surface area contributed by atoms with Crippen molar-refractivity contribution in [1.29, 1.82) is 0 Å². The third-order valence-electron chi connectivity index (χ3n) is 10.3. The van der Waals surface area contributed by atoms with Gasteiger partial charge in [0.1, 0.15) is 0 Å². The van der Waals surface area contributed by atoms with Crippen LogP contribution in [-0.4, -0.2) is 52.9 Å². The minimum atomic E-state index is -1.35. The predicted octanol–water partition coefficient (Wildman–Crippen LogP) is 13.4. The average Bonchev–Trinajstić information content (AvgIpc) is 3.60. The summed E-state index contributed by atoms with van der Waals surface area (Å²) in [6, 6.07) is 16.9. The Morgan fingerprint density at radius 3 is 0.825 bits per heavy atom. The summed E-state index contributed by atoms with van der Waals surface area (Å²) in [7, 11) is 0. The minimum absolute atomic E-state index is 0.321. The number of fused-ring (bicyclic) bond motifs is 3. The van der Waals surface area contributed by atoms with E-state index in [4.69, 9.17) is 47.4 Å². The Bertz CT molecular complexity index is 1880. The molecule has 0 aromatic heterocycles. The number of rotatable bonds is 30. The highest BCUT2D eigenvalue weighted by atomic mass is 16.6. The molecule has 0 radical (unpaired) electrons. The maximum Gasteiger partial charge on any atom is 0.217 e. The molecular formula is C53H70O10. The molecule has 0 spiro atoms. The Hall–Kier alpha value is -5.64. The molecular weight excluding hydrogens is 797 g/mol. The lowest BCUT2D eigenvalue weighted by Crippen LogP contribution is -2.33. The molecule has 63 heavy (non-hydrogen) atoms. The third-order valence-corrected chi connectivity index (χ3v) is 10.3. The summed E-state index contributed by atoms with van der Waals surface area (Å²) >= 11 is 0. The van der Waals surface area contributed by atoms with Crippen molar-refractivity contribution < 1.29 is 47.4 Å². The Morgan fingerprint density at radius 1 is 0.349 bits per heavy atom. The van der Waals surface area contributed by atoms with E-state index >= 15 is 0 Å². The monoisotopic (exact) mass is 866 g/mol. The van der Waals surface area contributed by atoms with Crippen LogP contribution in [0.2, 0.25) is 0 Å². The van der Waals surface area contributed by atoms with Gasteiger partial charge in [0, 0.05) is 0 Å². The van der Waals surface area contributed by atoms with Gasteiger partial charge >= 0.3 is 0 Å². The summed E-state index contributed by atoms with van der Waals surface area (Å²) in [4.78, 5) is 0. The van der Waals surface area contributed by atoms with Crippen LogP contribution in [0.3, 0.4) is 0 Å². The molecule has 0 aliphatic heterocycles. The highest BCUT2D eigenvalue weighted by molar-refractivity contribution is 5.92. The van der Waals surface area contributed by atoms with Gasteiger partial charge in [-0.15, -0.1) is 0 Å². The van der Waals surface area contributed by atoms with Crippen LogP contribution in [0.5, 0.6) is 57.5 Å². The molecule has 0 bridgehead atoms. The molecule has 0 saturated carbocycles. The summed E-state index contributed by atoms with van der Waals surface area (Å²) in [6.07, 6.45) is 8.47. The lowest BCUT2D eigenvalue weighted by molar-refractivity contribution is 0.221. The van der Waals surface area contributed by atoms with Gasteiger partial charge in [-0.2, -0.15) is 0 Å². The van der Waals surface area contributed by atoms with E-state index < -0.39 is 5.41 Å². The van der Waals surface area contributed by atoms with E-state index in [0.717, 1.165) is 47.9 Å². The number of hydrogen-bond donors (Lipinski definition) is 0. The van der Waals surface area contributed by atoms with E-state index in [2.05, 4.69) is 117 Å². The third kappa shape index (κ3) is 9.80. The van der Waals surface area contributed by atoms with E-state index in [-0.39, 0.29) is 0 Å². The summed E-state index contributed by atoms with van der Waals surface area (Å²) in [5.74, 6) is 3.88. The molecule has 4 aromatic rings. The zero-order valence-corrected chi connectivity index (χ0v) is 39.1. The van der Waals surface area contributed by atoms with Gasteiger partial charge in [-0.25, -0.2) is 0 Å². The van der Waals surface area contributed by atoms with E-state index in [1.54, 1.807) is 0 Å². The van der Waals surface area contributed by atoms with Gasteiger partial charge in [0.05, 0.1) is 81.9 Å². The second-order valence-electron chi connectivity index (χ2n) is 15.2. The van der Waals surface area contributed by atoms with Crippen LogP contribution < -0.4 is 47.4 Å². The van der Waals surface area contributed by atoms with Crippen molar-refractivity contribution in [2.24, 2.45) is 0 Å². The molecule has 1 aliphatic rings. The van der Waals surface area contributed by atoms with Crippen LogP contribution in [0.15, 0.2) is 74.2 Å². The summed E-state index contributed by atoms with van der Waals surface area (Å²) < 4.78 is 68.4. The molecule has 0 fully saturated rings. The van der Waals surface area contributed by atoms with Crippen molar-refractivity contribution in [1.82, 2.24) is 0 Å². The van der Waals surface area contributed by atoms with Crippen LogP contribution in [-0.2, 0) is 5.41 Å². The molecule has 10 heteroatoms. The molecule has 0 heterocycles. The predicted molar refractivity (Wildman–Crippen MR) is 252 cm³/mol. The van der Waals surface area contributed by atoms with Gasteiger partial charge in [-0.1, -0.05) is 117 Å². The van der Waals surface area contributed by atoms with Crippen LogP contribution in [0.4, 0.5) is 0 Å². The smallest absolute Gasteiger partial charge is 0.217 e. The first-order valence-electron chi connectivity index (χ1n) is 23.2. The molecule has 342 valence electrons. The Kier molecular flexibility index (Phi) is 18.6. The Morgan fingerprint density at radius 2 is 0.587 bits per heavy atom. The molecule has 0 N–H and O–H groups in total. The lowest BCUT2D eigenvalue weighted by atomic mass is 9.65. The quantitative estimate of drug-likeness (QED) is 0.0415. The molecule has 0 atom stereocenters. The number of hydrogen-bond acceptors (Lipinski definition) is 10. The van der Waals surface area contributed by atoms with Crippen LogP contribution in [0, 0.1) is 0 Å². The second-order valence-corrected chi connectivity index (χ2v) is 15.2.